The van der Waals surface area contributed by atoms with E-state index in [1.807, 2.05) is 0 Å². The third-order valence-electron chi connectivity index (χ3n) is 17.1. The second kappa shape index (κ2) is 68.9. The third-order valence-corrected chi connectivity index (χ3v) is 17.1. The maximum absolute atomic E-state index is 12.9. The molecule has 0 aliphatic carbocycles. The normalized spacial score (nSPS) is 11.9. The van der Waals surface area contributed by atoms with E-state index in [4.69, 9.17) is 14.2 Å². The van der Waals surface area contributed by atoms with Crippen molar-refractivity contribution < 1.29 is 28.6 Å². The molecule has 470 valence electrons. The fraction of sp³-hybridized carbons (Fsp3) is 0.959. The molecule has 0 heterocycles. The molecular weight excluding hydrogens is 973 g/mol. The maximum Gasteiger partial charge on any atom is 0.306 e. The molecule has 1 atom stereocenters. The molecule has 0 aromatic rings. The molecule has 0 N–H and O–H groups in total. The zero-order valence-corrected chi connectivity index (χ0v) is 54.2. The highest BCUT2D eigenvalue weighted by Crippen LogP contribution is 2.20. The highest BCUT2D eigenvalue weighted by atomic mass is 16.6. The first kappa shape index (κ1) is 77.4. The van der Waals surface area contributed by atoms with Gasteiger partial charge in [-0.05, 0) is 19.3 Å². The second-order valence-corrected chi connectivity index (χ2v) is 25.2. The van der Waals surface area contributed by atoms with E-state index in [1.165, 1.54) is 334 Å². The van der Waals surface area contributed by atoms with Crippen LogP contribution in [0.5, 0.6) is 0 Å². The Morgan fingerprint density at radius 2 is 0.342 bits per heavy atom. The van der Waals surface area contributed by atoms with Gasteiger partial charge < -0.3 is 14.2 Å². The lowest BCUT2D eigenvalue weighted by Gasteiger charge is -2.18. The van der Waals surface area contributed by atoms with Gasteiger partial charge >= 0.3 is 17.9 Å². The summed E-state index contributed by atoms with van der Waals surface area (Å²) in [4.78, 5) is 38.3. The number of esters is 3. The first-order chi connectivity index (χ1) is 39.0. The summed E-state index contributed by atoms with van der Waals surface area (Å²) < 4.78 is 17.0. The van der Waals surface area contributed by atoms with Crippen molar-refractivity contribution in [1.82, 2.24) is 0 Å². The average molecular weight is 1120 g/mol. The van der Waals surface area contributed by atoms with Gasteiger partial charge in [0.25, 0.3) is 0 Å². The summed E-state index contributed by atoms with van der Waals surface area (Å²) in [5.74, 6) is -0.824. The van der Waals surface area contributed by atoms with Gasteiger partial charge in [-0.3, -0.25) is 14.4 Å². The maximum atomic E-state index is 12.9. The zero-order chi connectivity index (χ0) is 57.1. The molecular formula is C73H142O6. The Kier molecular flexibility index (Phi) is 67.5. The first-order valence-corrected chi connectivity index (χ1v) is 36.5. The standard InChI is InChI=1S/C73H142O6/c1-4-7-10-13-16-19-22-24-26-28-29-30-31-32-33-34-35-36-37-38-39-40-41-42-43-45-46-48-51-54-57-60-63-66-72(75)78-69-70(68-77-71(74)65-62-59-56-53-50-21-18-15-12-9-6-3)79-73(76)67-64-61-58-55-52-49-47-44-27-25-23-20-17-14-11-8-5-2/h70H,4-69H2,1-3H3. The van der Waals surface area contributed by atoms with E-state index in [0.29, 0.717) is 19.3 Å². The van der Waals surface area contributed by atoms with E-state index < -0.39 is 6.10 Å². The van der Waals surface area contributed by atoms with Gasteiger partial charge in [0.1, 0.15) is 13.2 Å². The van der Waals surface area contributed by atoms with Gasteiger partial charge in [0.2, 0.25) is 0 Å². The molecule has 1 unspecified atom stereocenters. The van der Waals surface area contributed by atoms with Crippen molar-refractivity contribution in [3.8, 4) is 0 Å². The summed E-state index contributed by atoms with van der Waals surface area (Å²) in [6.07, 6.45) is 81.6. The van der Waals surface area contributed by atoms with E-state index in [9.17, 15) is 14.4 Å². The Morgan fingerprint density at radius 1 is 0.203 bits per heavy atom. The lowest BCUT2D eigenvalue weighted by molar-refractivity contribution is -0.167. The molecule has 0 saturated carbocycles. The molecule has 0 saturated heterocycles. The fourth-order valence-corrected chi connectivity index (χ4v) is 11.6. The highest BCUT2D eigenvalue weighted by molar-refractivity contribution is 5.71. The number of carbonyl (C=O) groups excluding carboxylic acids is 3. The molecule has 0 fully saturated rings. The van der Waals surface area contributed by atoms with Gasteiger partial charge in [0.15, 0.2) is 6.10 Å². The minimum Gasteiger partial charge on any atom is -0.462 e. The number of hydrogen-bond acceptors (Lipinski definition) is 6. The molecule has 79 heavy (non-hydrogen) atoms. The SMILES string of the molecule is CCCCCCCCCCCCCCCCCCCCCCCCCCCCCCCCCCCC(=O)OCC(COC(=O)CCCCCCCCCCCCC)OC(=O)CCCCCCCCCCCCCCCCCCC. The molecule has 0 rings (SSSR count). The van der Waals surface area contributed by atoms with E-state index in [2.05, 4.69) is 20.8 Å². The number of unbranched alkanes of at least 4 members (excludes halogenated alkanes) is 58. The summed E-state index contributed by atoms with van der Waals surface area (Å²) in [6, 6.07) is 0. The Labute approximate surface area is 495 Å². The molecule has 0 aliphatic heterocycles. The molecule has 0 amide bonds. The van der Waals surface area contributed by atoms with E-state index in [1.54, 1.807) is 0 Å². The topological polar surface area (TPSA) is 78.9 Å². The first-order valence-electron chi connectivity index (χ1n) is 36.5. The summed E-state index contributed by atoms with van der Waals surface area (Å²) in [6.45, 7) is 6.73. The lowest BCUT2D eigenvalue weighted by Crippen LogP contribution is -2.30. The van der Waals surface area contributed by atoms with Crippen LogP contribution in [0.3, 0.4) is 0 Å². The van der Waals surface area contributed by atoms with Crippen molar-refractivity contribution in [3.05, 3.63) is 0 Å². The highest BCUT2D eigenvalue weighted by Gasteiger charge is 2.20. The molecule has 0 spiro atoms. The summed E-state index contributed by atoms with van der Waals surface area (Å²) >= 11 is 0. The van der Waals surface area contributed by atoms with Crippen LogP contribution in [-0.4, -0.2) is 37.2 Å². The molecule has 6 heteroatoms. The molecule has 6 nitrogen and oxygen atoms in total. The fourth-order valence-electron chi connectivity index (χ4n) is 11.6. The zero-order valence-electron chi connectivity index (χ0n) is 54.2. The molecule has 0 aromatic carbocycles. The summed E-state index contributed by atoms with van der Waals surface area (Å²) in [5.41, 5.74) is 0. The van der Waals surface area contributed by atoms with Crippen LogP contribution in [0.25, 0.3) is 0 Å². The number of carbonyl (C=O) groups is 3. The second-order valence-electron chi connectivity index (χ2n) is 25.2. The van der Waals surface area contributed by atoms with E-state index >= 15 is 0 Å². The van der Waals surface area contributed by atoms with Crippen LogP contribution in [0, 0.1) is 0 Å². The minimum atomic E-state index is -0.762. The van der Waals surface area contributed by atoms with Crippen molar-refractivity contribution in [2.75, 3.05) is 13.2 Å². The quantitative estimate of drug-likeness (QED) is 0.0343. The predicted octanol–water partition coefficient (Wildman–Crippen LogP) is 25.0. The molecule has 0 aromatic heterocycles. The number of hydrogen-bond donors (Lipinski definition) is 0. The molecule has 0 radical (unpaired) electrons. The van der Waals surface area contributed by atoms with Crippen LogP contribution >= 0.6 is 0 Å². The van der Waals surface area contributed by atoms with Crippen LogP contribution in [0.2, 0.25) is 0 Å². The van der Waals surface area contributed by atoms with Gasteiger partial charge in [-0.15, -0.1) is 0 Å². The average Bonchev–Trinajstić information content (AvgIpc) is 3.45. The van der Waals surface area contributed by atoms with Crippen molar-refractivity contribution in [1.29, 1.82) is 0 Å². The van der Waals surface area contributed by atoms with Crippen molar-refractivity contribution >= 4 is 17.9 Å². The van der Waals surface area contributed by atoms with Crippen LogP contribution in [0.1, 0.15) is 432 Å². The van der Waals surface area contributed by atoms with Crippen LogP contribution in [-0.2, 0) is 28.6 Å². The molecule has 0 bridgehead atoms. The van der Waals surface area contributed by atoms with Crippen LogP contribution in [0.4, 0.5) is 0 Å². The number of rotatable bonds is 69. The van der Waals surface area contributed by atoms with Gasteiger partial charge in [-0.1, -0.05) is 393 Å². The summed E-state index contributed by atoms with van der Waals surface area (Å²) in [5, 5.41) is 0. The predicted molar refractivity (Wildman–Crippen MR) is 344 cm³/mol. The third kappa shape index (κ3) is 67.1. The minimum absolute atomic E-state index is 0.0605. The van der Waals surface area contributed by atoms with Gasteiger partial charge in [-0.2, -0.15) is 0 Å². The largest absolute Gasteiger partial charge is 0.462 e. The summed E-state index contributed by atoms with van der Waals surface area (Å²) in [7, 11) is 0. The van der Waals surface area contributed by atoms with Gasteiger partial charge in [0.05, 0.1) is 0 Å². The molecule has 0 aliphatic rings. The van der Waals surface area contributed by atoms with Crippen molar-refractivity contribution in [3.63, 3.8) is 0 Å². The Hall–Kier alpha value is -1.59. The smallest absolute Gasteiger partial charge is 0.306 e. The van der Waals surface area contributed by atoms with Gasteiger partial charge in [-0.25, -0.2) is 0 Å². The van der Waals surface area contributed by atoms with Crippen molar-refractivity contribution in [2.24, 2.45) is 0 Å². The van der Waals surface area contributed by atoms with E-state index in [0.717, 1.165) is 57.8 Å². The lowest BCUT2D eigenvalue weighted by atomic mass is 10.0. The van der Waals surface area contributed by atoms with Gasteiger partial charge in [0, 0.05) is 19.3 Å². The Balaban J connectivity index is 4.01. The van der Waals surface area contributed by atoms with Crippen LogP contribution < -0.4 is 0 Å². The van der Waals surface area contributed by atoms with E-state index in [-0.39, 0.29) is 31.1 Å². The van der Waals surface area contributed by atoms with Crippen molar-refractivity contribution in [2.45, 2.75) is 438 Å². The number of ether oxygens (including phenoxy) is 3. The monoisotopic (exact) mass is 1120 g/mol. The Bertz CT molecular complexity index is 1190. The van der Waals surface area contributed by atoms with Crippen LogP contribution in [0.15, 0.2) is 0 Å². The Morgan fingerprint density at radius 3 is 0.506 bits per heavy atom.